The minimum absolute atomic E-state index is 0.153. The van der Waals surface area contributed by atoms with Crippen molar-refractivity contribution in [3.05, 3.63) is 72.4 Å². The quantitative estimate of drug-likeness (QED) is 0.349. The summed E-state index contributed by atoms with van der Waals surface area (Å²) in [5.74, 6) is 0.0989. The summed E-state index contributed by atoms with van der Waals surface area (Å²) in [4.78, 5) is 14.1. The summed E-state index contributed by atoms with van der Waals surface area (Å²) in [6.45, 7) is 10.2. The van der Waals surface area contributed by atoms with Gasteiger partial charge >= 0.3 is 5.97 Å². The van der Waals surface area contributed by atoms with E-state index in [2.05, 4.69) is 55.2 Å². The first-order valence-corrected chi connectivity index (χ1v) is 8.99. The Hall–Kier alpha value is -2.13. The number of carbonyl (C=O) groups is 1. The molecule has 1 aromatic rings. The van der Waals surface area contributed by atoms with Crippen molar-refractivity contribution >= 4 is 5.97 Å². The Bertz CT molecular complexity index is 573. The SMILES string of the molecule is C/C=C/C=C/CN(Cc1ccccc1)[C@H](/C=C/C(=O)OCC)C(C)C. The van der Waals surface area contributed by atoms with Crippen molar-refractivity contribution in [1.82, 2.24) is 4.90 Å². The highest BCUT2D eigenvalue weighted by Crippen LogP contribution is 2.16. The van der Waals surface area contributed by atoms with Crippen molar-refractivity contribution in [2.75, 3.05) is 13.2 Å². The molecule has 0 N–H and O–H groups in total. The topological polar surface area (TPSA) is 29.5 Å². The van der Waals surface area contributed by atoms with E-state index in [1.165, 1.54) is 5.56 Å². The Labute approximate surface area is 152 Å². The summed E-state index contributed by atoms with van der Waals surface area (Å²) in [6.07, 6.45) is 11.8. The van der Waals surface area contributed by atoms with Crippen LogP contribution in [0.3, 0.4) is 0 Å². The molecule has 0 saturated carbocycles. The van der Waals surface area contributed by atoms with Crippen LogP contribution in [0.25, 0.3) is 0 Å². The summed E-state index contributed by atoms with van der Waals surface area (Å²) in [5, 5.41) is 0. The van der Waals surface area contributed by atoms with E-state index in [0.717, 1.165) is 13.1 Å². The average Bonchev–Trinajstić information content (AvgIpc) is 2.59. The van der Waals surface area contributed by atoms with Gasteiger partial charge in [-0.05, 0) is 25.3 Å². The van der Waals surface area contributed by atoms with Crippen LogP contribution in [-0.2, 0) is 16.1 Å². The fourth-order valence-corrected chi connectivity index (χ4v) is 2.63. The predicted molar refractivity (Wildman–Crippen MR) is 105 cm³/mol. The lowest BCUT2D eigenvalue weighted by Crippen LogP contribution is -2.37. The molecular weight excluding hydrogens is 310 g/mol. The van der Waals surface area contributed by atoms with Crippen molar-refractivity contribution < 1.29 is 9.53 Å². The van der Waals surface area contributed by atoms with E-state index in [0.29, 0.717) is 12.5 Å². The Balaban J connectivity index is 2.95. The number of hydrogen-bond acceptors (Lipinski definition) is 3. The molecule has 1 rings (SSSR count). The fraction of sp³-hybridized carbons (Fsp3) is 0.409. The van der Waals surface area contributed by atoms with Gasteiger partial charge in [0.15, 0.2) is 0 Å². The molecule has 0 unspecified atom stereocenters. The third-order valence-electron chi connectivity index (χ3n) is 3.83. The first kappa shape index (κ1) is 20.9. The lowest BCUT2D eigenvalue weighted by molar-refractivity contribution is -0.137. The standard InChI is InChI=1S/C22H31NO2/c1-5-7-8-12-17-23(18-20-13-10-9-11-14-20)21(19(3)4)15-16-22(24)25-6-2/h5,7-16,19,21H,6,17-18H2,1-4H3/b7-5+,12-8+,16-15+/t21-/m1/s1. The summed E-state index contributed by atoms with van der Waals surface area (Å²) in [6, 6.07) is 10.6. The minimum atomic E-state index is -0.280. The van der Waals surface area contributed by atoms with Crippen molar-refractivity contribution in [3.8, 4) is 0 Å². The first-order chi connectivity index (χ1) is 12.1. The van der Waals surface area contributed by atoms with Crippen LogP contribution in [0, 0.1) is 5.92 Å². The van der Waals surface area contributed by atoms with Crippen LogP contribution in [0.2, 0.25) is 0 Å². The number of hydrogen-bond donors (Lipinski definition) is 0. The minimum Gasteiger partial charge on any atom is -0.463 e. The van der Waals surface area contributed by atoms with Gasteiger partial charge in [0.25, 0.3) is 0 Å². The largest absolute Gasteiger partial charge is 0.463 e. The van der Waals surface area contributed by atoms with Gasteiger partial charge in [-0.1, -0.05) is 74.6 Å². The van der Waals surface area contributed by atoms with Crippen molar-refractivity contribution in [1.29, 1.82) is 0 Å². The molecule has 3 heteroatoms. The predicted octanol–water partition coefficient (Wildman–Crippen LogP) is 4.76. The van der Waals surface area contributed by atoms with Gasteiger partial charge in [0.05, 0.1) is 6.61 Å². The molecule has 1 aromatic carbocycles. The van der Waals surface area contributed by atoms with Crippen LogP contribution in [0.5, 0.6) is 0 Å². The van der Waals surface area contributed by atoms with E-state index in [1.54, 1.807) is 6.08 Å². The molecule has 136 valence electrons. The highest BCUT2D eigenvalue weighted by Gasteiger charge is 2.19. The third-order valence-corrected chi connectivity index (χ3v) is 3.83. The van der Waals surface area contributed by atoms with Crippen LogP contribution >= 0.6 is 0 Å². The molecule has 0 spiro atoms. The zero-order valence-corrected chi connectivity index (χ0v) is 15.9. The molecule has 0 aliphatic carbocycles. The van der Waals surface area contributed by atoms with E-state index < -0.39 is 0 Å². The second kappa shape index (κ2) is 12.3. The van der Waals surface area contributed by atoms with Gasteiger partial charge in [-0.25, -0.2) is 4.79 Å². The van der Waals surface area contributed by atoms with Crippen LogP contribution in [0.15, 0.2) is 66.8 Å². The van der Waals surface area contributed by atoms with E-state index in [-0.39, 0.29) is 12.0 Å². The Morgan fingerprint density at radius 1 is 1.20 bits per heavy atom. The second-order valence-electron chi connectivity index (χ2n) is 6.21. The molecule has 0 heterocycles. The Morgan fingerprint density at radius 2 is 1.92 bits per heavy atom. The Kier molecular flexibility index (Phi) is 10.3. The van der Waals surface area contributed by atoms with Crippen LogP contribution in [0.4, 0.5) is 0 Å². The van der Waals surface area contributed by atoms with Gasteiger partial charge in [-0.3, -0.25) is 4.90 Å². The molecule has 0 aliphatic rings. The zero-order valence-electron chi connectivity index (χ0n) is 15.9. The van der Waals surface area contributed by atoms with Crippen LogP contribution in [0.1, 0.15) is 33.3 Å². The molecule has 0 aliphatic heterocycles. The number of esters is 1. The maximum atomic E-state index is 11.7. The van der Waals surface area contributed by atoms with Gasteiger partial charge in [0.2, 0.25) is 0 Å². The number of allylic oxidation sites excluding steroid dienone is 3. The molecule has 0 saturated heterocycles. The van der Waals surface area contributed by atoms with Gasteiger partial charge in [-0.15, -0.1) is 0 Å². The third kappa shape index (κ3) is 8.50. The van der Waals surface area contributed by atoms with E-state index in [4.69, 9.17) is 4.74 Å². The lowest BCUT2D eigenvalue weighted by Gasteiger charge is -2.31. The molecule has 1 atom stereocenters. The van der Waals surface area contributed by atoms with Gasteiger partial charge in [0, 0.05) is 25.2 Å². The second-order valence-corrected chi connectivity index (χ2v) is 6.21. The summed E-state index contributed by atoms with van der Waals surface area (Å²) >= 11 is 0. The molecule has 0 aromatic heterocycles. The number of ether oxygens (including phenoxy) is 1. The molecule has 0 bridgehead atoms. The highest BCUT2D eigenvalue weighted by atomic mass is 16.5. The maximum Gasteiger partial charge on any atom is 0.330 e. The smallest absolute Gasteiger partial charge is 0.330 e. The lowest BCUT2D eigenvalue weighted by atomic mass is 10.0. The fourth-order valence-electron chi connectivity index (χ4n) is 2.63. The zero-order chi connectivity index (χ0) is 18.5. The summed E-state index contributed by atoms with van der Waals surface area (Å²) < 4.78 is 5.02. The number of benzene rings is 1. The number of nitrogens with zero attached hydrogens (tertiary/aromatic N) is 1. The number of carbonyl (C=O) groups excluding carboxylic acids is 1. The molecular formula is C22H31NO2. The number of rotatable bonds is 10. The summed E-state index contributed by atoms with van der Waals surface area (Å²) in [7, 11) is 0. The molecule has 25 heavy (non-hydrogen) atoms. The van der Waals surface area contributed by atoms with Crippen molar-refractivity contribution in [2.24, 2.45) is 5.92 Å². The molecule has 0 amide bonds. The van der Waals surface area contributed by atoms with E-state index in [1.807, 2.05) is 38.1 Å². The maximum absolute atomic E-state index is 11.7. The molecule has 0 fully saturated rings. The highest BCUT2D eigenvalue weighted by molar-refractivity contribution is 5.82. The average molecular weight is 341 g/mol. The van der Waals surface area contributed by atoms with Crippen molar-refractivity contribution in [3.63, 3.8) is 0 Å². The molecule has 3 nitrogen and oxygen atoms in total. The van der Waals surface area contributed by atoms with Gasteiger partial charge in [0.1, 0.15) is 0 Å². The van der Waals surface area contributed by atoms with Crippen molar-refractivity contribution in [2.45, 2.75) is 40.3 Å². The van der Waals surface area contributed by atoms with Crippen LogP contribution in [-0.4, -0.2) is 30.1 Å². The summed E-state index contributed by atoms with van der Waals surface area (Å²) in [5.41, 5.74) is 1.26. The normalized spacial score (nSPS) is 13.5. The van der Waals surface area contributed by atoms with E-state index in [9.17, 15) is 4.79 Å². The monoisotopic (exact) mass is 341 g/mol. The Morgan fingerprint density at radius 3 is 2.52 bits per heavy atom. The molecule has 0 radical (unpaired) electrons. The van der Waals surface area contributed by atoms with Crippen LogP contribution < -0.4 is 0 Å². The van der Waals surface area contributed by atoms with Gasteiger partial charge < -0.3 is 4.74 Å². The van der Waals surface area contributed by atoms with E-state index >= 15 is 0 Å². The first-order valence-electron chi connectivity index (χ1n) is 8.99. The van der Waals surface area contributed by atoms with Gasteiger partial charge in [-0.2, -0.15) is 0 Å².